The molecule has 0 N–H and O–H groups in total. The Morgan fingerprint density at radius 1 is 0.560 bits per heavy atom. The van der Waals surface area contributed by atoms with Crippen LogP contribution in [0.4, 0.5) is 0 Å². The Bertz CT molecular complexity index is 434. The molecule has 3 fully saturated rings. The van der Waals surface area contributed by atoms with Crippen LogP contribution in [0.25, 0.3) is 0 Å². The summed E-state index contributed by atoms with van der Waals surface area (Å²) in [6.45, 7) is 2.32. The van der Waals surface area contributed by atoms with Gasteiger partial charge in [-0.3, -0.25) is 0 Å². The highest BCUT2D eigenvalue weighted by atomic mass is 14.3. The molecule has 142 valence electrons. The van der Waals surface area contributed by atoms with Crippen molar-refractivity contribution in [3.63, 3.8) is 0 Å². The zero-order chi connectivity index (χ0) is 17.3. The van der Waals surface area contributed by atoms with Gasteiger partial charge >= 0.3 is 0 Å². The Balaban J connectivity index is 1.39. The number of rotatable bonds is 6. The van der Waals surface area contributed by atoms with Gasteiger partial charge in [0.05, 0.1) is 0 Å². The predicted octanol–water partition coefficient (Wildman–Crippen LogP) is 8.67. The monoisotopic (exact) mass is 342 g/mol. The summed E-state index contributed by atoms with van der Waals surface area (Å²) in [5, 5.41) is 0. The maximum atomic E-state index is 2.32. The van der Waals surface area contributed by atoms with Crippen LogP contribution in [0, 0.1) is 5.92 Å². The SMILES string of the molecule is CCCCCCCC1CCC(=C2CCC(=C3CCCCC3)CC2)CC1. The van der Waals surface area contributed by atoms with E-state index in [4.69, 9.17) is 0 Å². The lowest BCUT2D eigenvalue weighted by molar-refractivity contribution is 0.364. The van der Waals surface area contributed by atoms with Gasteiger partial charge in [-0.15, -0.1) is 0 Å². The summed E-state index contributed by atoms with van der Waals surface area (Å²) in [6.07, 6.45) is 27.6. The lowest BCUT2D eigenvalue weighted by Crippen LogP contribution is -2.12. The minimum absolute atomic E-state index is 1.05. The summed E-state index contributed by atoms with van der Waals surface area (Å²) in [5.41, 5.74) is 7.54. The van der Waals surface area contributed by atoms with Crippen molar-refractivity contribution in [1.82, 2.24) is 0 Å². The van der Waals surface area contributed by atoms with Crippen molar-refractivity contribution in [2.45, 2.75) is 129 Å². The molecule has 0 amide bonds. The van der Waals surface area contributed by atoms with Gasteiger partial charge < -0.3 is 0 Å². The van der Waals surface area contributed by atoms with Gasteiger partial charge in [0.1, 0.15) is 0 Å². The second-order valence-electron chi connectivity index (χ2n) is 9.12. The van der Waals surface area contributed by atoms with Gasteiger partial charge in [0.15, 0.2) is 0 Å². The van der Waals surface area contributed by atoms with Crippen LogP contribution >= 0.6 is 0 Å². The molecule has 3 aliphatic carbocycles. The van der Waals surface area contributed by atoms with Gasteiger partial charge in [-0.25, -0.2) is 0 Å². The van der Waals surface area contributed by atoms with Crippen LogP contribution in [0.1, 0.15) is 129 Å². The van der Waals surface area contributed by atoms with Crippen molar-refractivity contribution < 1.29 is 0 Å². The summed E-state index contributed by atoms with van der Waals surface area (Å²) in [4.78, 5) is 0. The fourth-order valence-corrected chi connectivity index (χ4v) is 5.60. The molecule has 0 aromatic heterocycles. The molecular formula is C25H42. The van der Waals surface area contributed by atoms with Crippen LogP contribution in [-0.4, -0.2) is 0 Å². The Hall–Kier alpha value is -0.520. The van der Waals surface area contributed by atoms with Gasteiger partial charge in [-0.1, -0.05) is 74.2 Å². The zero-order valence-electron chi connectivity index (χ0n) is 17.0. The molecule has 0 heteroatoms. The summed E-state index contributed by atoms with van der Waals surface area (Å²) in [7, 11) is 0. The highest BCUT2D eigenvalue weighted by molar-refractivity contribution is 5.26. The molecule has 0 saturated heterocycles. The predicted molar refractivity (Wildman–Crippen MR) is 111 cm³/mol. The zero-order valence-corrected chi connectivity index (χ0v) is 17.0. The van der Waals surface area contributed by atoms with E-state index < -0.39 is 0 Å². The van der Waals surface area contributed by atoms with E-state index in [1.807, 2.05) is 22.3 Å². The van der Waals surface area contributed by atoms with Crippen molar-refractivity contribution >= 4 is 0 Å². The largest absolute Gasteiger partial charge is 0.0710 e. The molecule has 3 aliphatic rings. The first kappa shape index (κ1) is 19.2. The molecule has 0 heterocycles. The van der Waals surface area contributed by atoms with Crippen LogP contribution in [-0.2, 0) is 0 Å². The van der Waals surface area contributed by atoms with E-state index >= 15 is 0 Å². The summed E-state index contributed by atoms with van der Waals surface area (Å²) >= 11 is 0. The summed E-state index contributed by atoms with van der Waals surface area (Å²) in [5.74, 6) is 1.05. The topological polar surface area (TPSA) is 0 Å². The van der Waals surface area contributed by atoms with Crippen molar-refractivity contribution in [1.29, 1.82) is 0 Å². The van der Waals surface area contributed by atoms with Gasteiger partial charge in [0, 0.05) is 0 Å². The Labute approximate surface area is 157 Å². The molecule has 0 aromatic rings. The van der Waals surface area contributed by atoms with Gasteiger partial charge in [0.25, 0.3) is 0 Å². The molecule has 3 rings (SSSR count). The van der Waals surface area contributed by atoms with Crippen LogP contribution in [0.2, 0.25) is 0 Å². The van der Waals surface area contributed by atoms with Crippen LogP contribution in [0.5, 0.6) is 0 Å². The van der Waals surface area contributed by atoms with E-state index in [2.05, 4.69) is 6.92 Å². The quantitative estimate of drug-likeness (QED) is 0.334. The fourth-order valence-electron chi connectivity index (χ4n) is 5.60. The molecule has 0 spiro atoms. The Morgan fingerprint density at radius 3 is 1.68 bits per heavy atom. The van der Waals surface area contributed by atoms with E-state index in [9.17, 15) is 0 Å². The fraction of sp³-hybridized carbons (Fsp3) is 0.840. The number of hydrogen-bond acceptors (Lipinski definition) is 0. The lowest BCUT2D eigenvalue weighted by Gasteiger charge is -2.29. The molecule has 0 aromatic carbocycles. The molecule has 0 unspecified atom stereocenters. The van der Waals surface area contributed by atoms with Crippen LogP contribution in [0.15, 0.2) is 22.3 Å². The molecule has 0 bridgehead atoms. The first-order valence-corrected chi connectivity index (χ1v) is 11.8. The van der Waals surface area contributed by atoms with Crippen LogP contribution < -0.4 is 0 Å². The highest BCUT2D eigenvalue weighted by Gasteiger charge is 2.22. The van der Waals surface area contributed by atoms with Gasteiger partial charge in [0.2, 0.25) is 0 Å². The first-order chi connectivity index (χ1) is 12.4. The summed E-state index contributed by atoms with van der Waals surface area (Å²) < 4.78 is 0. The molecule has 0 radical (unpaired) electrons. The van der Waals surface area contributed by atoms with Crippen molar-refractivity contribution in [2.24, 2.45) is 5.92 Å². The van der Waals surface area contributed by atoms with E-state index in [0.717, 1.165) is 5.92 Å². The molecule has 25 heavy (non-hydrogen) atoms. The molecule has 0 nitrogen and oxygen atoms in total. The molecular weight excluding hydrogens is 300 g/mol. The van der Waals surface area contributed by atoms with E-state index in [1.54, 1.807) is 0 Å². The average molecular weight is 343 g/mol. The number of allylic oxidation sites excluding steroid dienone is 4. The van der Waals surface area contributed by atoms with E-state index in [0.29, 0.717) is 0 Å². The Morgan fingerprint density at radius 2 is 1.08 bits per heavy atom. The molecule has 3 saturated carbocycles. The number of hydrogen-bond donors (Lipinski definition) is 0. The normalized spacial score (nSPS) is 25.6. The third-order valence-electron chi connectivity index (χ3n) is 7.34. The third kappa shape index (κ3) is 6.00. The van der Waals surface area contributed by atoms with Crippen molar-refractivity contribution in [3.8, 4) is 0 Å². The second-order valence-corrected chi connectivity index (χ2v) is 9.12. The van der Waals surface area contributed by atoms with Crippen molar-refractivity contribution in [3.05, 3.63) is 22.3 Å². The first-order valence-electron chi connectivity index (χ1n) is 11.8. The molecule has 0 atom stereocenters. The maximum Gasteiger partial charge on any atom is -0.0280 e. The van der Waals surface area contributed by atoms with Gasteiger partial charge in [-0.05, 0) is 83.0 Å². The summed E-state index contributed by atoms with van der Waals surface area (Å²) in [6, 6.07) is 0. The smallest absolute Gasteiger partial charge is 0.0280 e. The van der Waals surface area contributed by atoms with Gasteiger partial charge in [-0.2, -0.15) is 0 Å². The minimum atomic E-state index is 1.05. The number of unbranched alkanes of at least 4 members (excludes halogenated alkanes) is 4. The lowest BCUT2D eigenvalue weighted by atomic mass is 9.76. The maximum absolute atomic E-state index is 2.32. The Kier molecular flexibility index (Phi) is 8.15. The van der Waals surface area contributed by atoms with Crippen LogP contribution in [0.3, 0.4) is 0 Å². The highest BCUT2D eigenvalue weighted by Crippen LogP contribution is 2.40. The van der Waals surface area contributed by atoms with Crippen molar-refractivity contribution in [2.75, 3.05) is 0 Å². The second kappa shape index (κ2) is 10.6. The molecule has 0 aliphatic heterocycles. The average Bonchev–Trinajstić information content (AvgIpc) is 2.69. The van der Waals surface area contributed by atoms with E-state index in [-0.39, 0.29) is 0 Å². The van der Waals surface area contributed by atoms with E-state index in [1.165, 1.54) is 122 Å². The standard InChI is InChI=1S/C25H42/c1-2-3-4-5-7-10-21-13-15-23(16-14-21)25-19-17-24(18-20-25)22-11-8-6-9-12-22/h21H,2-20H2,1H3. The minimum Gasteiger partial charge on any atom is -0.0710 e. The third-order valence-corrected chi connectivity index (χ3v) is 7.34.